The first kappa shape index (κ1) is 8.15. The molecule has 0 aromatic heterocycles. The van der Waals surface area contributed by atoms with Gasteiger partial charge in [0.25, 0.3) is 0 Å². The second-order valence-corrected chi connectivity index (χ2v) is 4.83. The fourth-order valence-electron chi connectivity index (χ4n) is 2.05. The minimum absolute atomic E-state index is 0.516. The summed E-state index contributed by atoms with van der Waals surface area (Å²) in [6, 6.07) is 0. The Morgan fingerprint density at radius 3 is 2.75 bits per heavy atom. The van der Waals surface area contributed by atoms with Gasteiger partial charge >= 0.3 is 0 Å². The summed E-state index contributed by atoms with van der Waals surface area (Å²) in [6.45, 7) is 4.71. The topological polar surface area (TPSA) is 9.23 Å². The van der Waals surface area contributed by atoms with E-state index in [0.717, 1.165) is 5.92 Å². The SMILES string of the molecule is CC1(C)CC1CC1CCC=CO1. The van der Waals surface area contributed by atoms with Gasteiger partial charge in [-0.05, 0) is 43.1 Å². The quantitative estimate of drug-likeness (QED) is 0.612. The molecule has 1 aliphatic carbocycles. The first-order valence-corrected chi connectivity index (χ1v) is 4.99. The second-order valence-electron chi connectivity index (χ2n) is 4.83. The number of allylic oxidation sites excluding steroid dienone is 1. The lowest BCUT2D eigenvalue weighted by atomic mass is 10.0. The molecule has 1 heteroatoms. The number of hydrogen-bond acceptors (Lipinski definition) is 1. The predicted octanol–water partition coefficient (Wildman–Crippen LogP) is 3.12. The van der Waals surface area contributed by atoms with Crippen molar-refractivity contribution in [2.45, 2.75) is 45.6 Å². The van der Waals surface area contributed by atoms with E-state index < -0.39 is 0 Å². The third-order valence-corrected chi connectivity index (χ3v) is 3.29. The van der Waals surface area contributed by atoms with Crippen LogP contribution in [0.5, 0.6) is 0 Å². The smallest absolute Gasteiger partial charge is 0.0984 e. The molecule has 0 saturated heterocycles. The fourth-order valence-corrected chi connectivity index (χ4v) is 2.05. The van der Waals surface area contributed by atoms with E-state index in [0.29, 0.717) is 11.5 Å². The maximum atomic E-state index is 5.54. The third kappa shape index (κ3) is 1.65. The molecule has 68 valence electrons. The molecule has 1 fully saturated rings. The zero-order chi connectivity index (χ0) is 8.60. The van der Waals surface area contributed by atoms with Gasteiger partial charge in [-0.15, -0.1) is 0 Å². The number of ether oxygens (including phenoxy) is 1. The summed E-state index contributed by atoms with van der Waals surface area (Å²) in [5.41, 5.74) is 0.616. The molecule has 12 heavy (non-hydrogen) atoms. The molecule has 0 spiro atoms. The highest BCUT2D eigenvalue weighted by Crippen LogP contribution is 2.54. The summed E-state index contributed by atoms with van der Waals surface area (Å²) < 4.78 is 5.54. The van der Waals surface area contributed by atoms with Gasteiger partial charge in [0.05, 0.1) is 12.4 Å². The van der Waals surface area contributed by atoms with Crippen LogP contribution in [0.2, 0.25) is 0 Å². The zero-order valence-electron chi connectivity index (χ0n) is 8.05. The van der Waals surface area contributed by atoms with E-state index in [2.05, 4.69) is 19.9 Å². The molecular weight excluding hydrogens is 148 g/mol. The zero-order valence-corrected chi connectivity index (χ0v) is 8.05. The highest BCUT2D eigenvalue weighted by atomic mass is 16.5. The van der Waals surface area contributed by atoms with E-state index in [9.17, 15) is 0 Å². The lowest BCUT2D eigenvalue weighted by molar-refractivity contribution is 0.106. The molecule has 1 saturated carbocycles. The van der Waals surface area contributed by atoms with Gasteiger partial charge < -0.3 is 4.74 Å². The average Bonchev–Trinajstić information content (AvgIpc) is 2.61. The number of rotatable bonds is 2. The summed E-state index contributed by atoms with van der Waals surface area (Å²) >= 11 is 0. The van der Waals surface area contributed by atoms with Gasteiger partial charge in [-0.3, -0.25) is 0 Å². The Labute approximate surface area is 74.8 Å². The van der Waals surface area contributed by atoms with Crippen LogP contribution < -0.4 is 0 Å². The van der Waals surface area contributed by atoms with E-state index in [1.165, 1.54) is 25.7 Å². The summed E-state index contributed by atoms with van der Waals surface area (Å²) in [5, 5.41) is 0. The van der Waals surface area contributed by atoms with Crippen molar-refractivity contribution >= 4 is 0 Å². The third-order valence-electron chi connectivity index (χ3n) is 3.29. The van der Waals surface area contributed by atoms with Crippen molar-refractivity contribution in [3.05, 3.63) is 12.3 Å². The molecule has 0 aromatic carbocycles. The molecule has 2 unspecified atom stereocenters. The van der Waals surface area contributed by atoms with Crippen LogP contribution in [0.4, 0.5) is 0 Å². The number of hydrogen-bond donors (Lipinski definition) is 0. The van der Waals surface area contributed by atoms with Crippen molar-refractivity contribution in [1.29, 1.82) is 0 Å². The van der Waals surface area contributed by atoms with E-state index in [1.54, 1.807) is 0 Å². The minimum Gasteiger partial charge on any atom is -0.498 e. The van der Waals surface area contributed by atoms with E-state index >= 15 is 0 Å². The van der Waals surface area contributed by atoms with Crippen LogP contribution in [0.1, 0.15) is 39.5 Å². The normalized spacial score (nSPS) is 37.5. The molecule has 0 radical (unpaired) electrons. The Bertz CT molecular complexity index is 193. The molecule has 0 N–H and O–H groups in total. The van der Waals surface area contributed by atoms with Crippen LogP contribution >= 0.6 is 0 Å². The average molecular weight is 166 g/mol. The van der Waals surface area contributed by atoms with Gasteiger partial charge in [-0.2, -0.15) is 0 Å². The van der Waals surface area contributed by atoms with Gasteiger partial charge in [-0.25, -0.2) is 0 Å². The summed E-state index contributed by atoms with van der Waals surface area (Å²) in [6.07, 6.45) is 9.62. The first-order valence-electron chi connectivity index (χ1n) is 4.99. The maximum absolute atomic E-state index is 5.54. The monoisotopic (exact) mass is 166 g/mol. The van der Waals surface area contributed by atoms with Crippen molar-refractivity contribution in [2.24, 2.45) is 11.3 Å². The molecule has 1 nitrogen and oxygen atoms in total. The highest BCUT2D eigenvalue weighted by Gasteiger charge is 2.46. The van der Waals surface area contributed by atoms with Crippen molar-refractivity contribution in [3.8, 4) is 0 Å². The van der Waals surface area contributed by atoms with Crippen molar-refractivity contribution in [1.82, 2.24) is 0 Å². The Hall–Kier alpha value is -0.460. The van der Waals surface area contributed by atoms with Gasteiger partial charge in [0.1, 0.15) is 0 Å². The van der Waals surface area contributed by atoms with Gasteiger partial charge in [-0.1, -0.05) is 13.8 Å². The Morgan fingerprint density at radius 1 is 1.50 bits per heavy atom. The van der Waals surface area contributed by atoms with Crippen LogP contribution in [-0.4, -0.2) is 6.10 Å². The molecular formula is C11H18O. The Morgan fingerprint density at radius 2 is 2.25 bits per heavy atom. The van der Waals surface area contributed by atoms with Crippen molar-refractivity contribution < 1.29 is 4.74 Å². The van der Waals surface area contributed by atoms with Crippen molar-refractivity contribution in [3.63, 3.8) is 0 Å². The van der Waals surface area contributed by atoms with E-state index in [4.69, 9.17) is 4.74 Å². The minimum atomic E-state index is 0.516. The van der Waals surface area contributed by atoms with E-state index in [1.807, 2.05) is 6.26 Å². The molecule has 0 amide bonds. The van der Waals surface area contributed by atoms with Gasteiger partial charge in [0, 0.05) is 0 Å². The van der Waals surface area contributed by atoms with Crippen molar-refractivity contribution in [2.75, 3.05) is 0 Å². The van der Waals surface area contributed by atoms with Crippen LogP contribution in [-0.2, 0) is 4.74 Å². The lowest BCUT2D eigenvalue weighted by Crippen LogP contribution is -2.14. The van der Waals surface area contributed by atoms with Crippen LogP contribution in [0, 0.1) is 11.3 Å². The molecule has 2 rings (SSSR count). The maximum Gasteiger partial charge on any atom is 0.0984 e. The molecule has 0 aromatic rings. The highest BCUT2D eigenvalue weighted by molar-refractivity contribution is 4.97. The molecule has 0 bridgehead atoms. The Balaban J connectivity index is 1.77. The second kappa shape index (κ2) is 2.79. The molecule has 2 atom stereocenters. The predicted molar refractivity (Wildman–Crippen MR) is 49.8 cm³/mol. The molecule has 1 heterocycles. The summed E-state index contributed by atoms with van der Waals surface area (Å²) in [4.78, 5) is 0. The van der Waals surface area contributed by atoms with Crippen LogP contribution in [0.25, 0.3) is 0 Å². The van der Waals surface area contributed by atoms with Crippen LogP contribution in [0.15, 0.2) is 12.3 Å². The standard InChI is InChI=1S/C11H18O/c1-11(2)8-9(11)7-10-5-3-4-6-12-10/h4,6,9-10H,3,5,7-8H2,1-2H3. The largest absolute Gasteiger partial charge is 0.498 e. The lowest BCUT2D eigenvalue weighted by Gasteiger charge is -2.19. The summed E-state index contributed by atoms with van der Waals surface area (Å²) in [5.74, 6) is 0.925. The van der Waals surface area contributed by atoms with Gasteiger partial charge in [0.2, 0.25) is 0 Å². The first-order chi connectivity index (χ1) is 5.68. The summed E-state index contributed by atoms with van der Waals surface area (Å²) in [7, 11) is 0. The van der Waals surface area contributed by atoms with Crippen LogP contribution in [0.3, 0.4) is 0 Å². The molecule has 2 aliphatic rings. The fraction of sp³-hybridized carbons (Fsp3) is 0.818. The van der Waals surface area contributed by atoms with E-state index in [-0.39, 0.29) is 0 Å². The van der Waals surface area contributed by atoms with Gasteiger partial charge in [0.15, 0.2) is 0 Å². The molecule has 1 aliphatic heterocycles. The Kier molecular flexibility index (Phi) is 1.90.